The number of carboxylic acids is 1. The van der Waals surface area contributed by atoms with Crippen LogP contribution in [0.25, 0.3) is 6.08 Å². The summed E-state index contributed by atoms with van der Waals surface area (Å²) in [5.74, 6) is 1.50. The second kappa shape index (κ2) is 5.97. The van der Waals surface area contributed by atoms with Crippen LogP contribution in [0.15, 0.2) is 24.3 Å². The van der Waals surface area contributed by atoms with E-state index in [0.29, 0.717) is 17.1 Å². The number of hydrogen-bond acceptors (Lipinski definition) is 2. The van der Waals surface area contributed by atoms with Gasteiger partial charge in [0.2, 0.25) is 0 Å². The number of rotatable bonds is 4. The molecule has 3 nitrogen and oxygen atoms in total. The first-order valence-corrected chi connectivity index (χ1v) is 5.28. The van der Waals surface area contributed by atoms with Crippen molar-refractivity contribution in [2.45, 2.75) is 0 Å². The Morgan fingerprint density at radius 1 is 1.65 bits per heavy atom. The fraction of sp³-hybridized carbons (Fsp3) is 0.154. The summed E-state index contributed by atoms with van der Waals surface area (Å²) in [6.45, 7) is 0.425. The van der Waals surface area contributed by atoms with Crippen LogP contribution in [0.3, 0.4) is 0 Å². The first kappa shape index (κ1) is 13.1. The normalized spacial score (nSPS) is 10.2. The second-order valence-electron chi connectivity index (χ2n) is 3.40. The van der Waals surface area contributed by atoms with Crippen LogP contribution >= 0.6 is 11.6 Å². The Kier molecular flexibility index (Phi) is 4.62. The van der Waals surface area contributed by atoms with Crippen molar-refractivity contribution in [3.63, 3.8) is 0 Å². The van der Waals surface area contributed by atoms with Crippen LogP contribution in [0.1, 0.15) is 5.56 Å². The van der Waals surface area contributed by atoms with Crippen LogP contribution in [0.2, 0.25) is 5.02 Å². The van der Waals surface area contributed by atoms with E-state index in [-0.39, 0.29) is 0 Å². The highest BCUT2D eigenvalue weighted by molar-refractivity contribution is 6.32. The van der Waals surface area contributed by atoms with E-state index < -0.39 is 5.97 Å². The third-order valence-electron chi connectivity index (χ3n) is 2.16. The van der Waals surface area contributed by atoms with Gasteiger partial charge >= 0.3 is 5.97 Å². The smallest absolute Gasteiger partial charge is 0.328 e. The molecule has 0 atom stereocenters. The predicted octanol–water partition coefficient (Wildman–Crippen LogP) is 2.51. The summed E-state index contributed by atoms with van der Waals surface area (Å²) in [6.07, 6.45) is 7.76. The summed E-state index contributed by atoms with van der Waals surface area (Å²) in [4.78, 5) is 12.3. The molecule has 0 spiro atoms. The lowest BCUT2D eigenvalue weighted by Gasteiger charge is -2.19. The third kappa shape index (κ3) is 3.54. The lowest BCUT2D eigenvalue weighted by Crippen LogP contribution is -2.18. The molecule has 1 N–H and O–H groups in total. The zero-order chi connectivity index (χ0) is 12.8. The van der Waals surface area contributed by atoms with Crippen LogP contribution < -0.4 is 4.90 Å². The second-order valence-corrected chi connectivity index (χ2v) is 3.81. The molecule has 1 rings (SSSR count). The molecule has 1 aromatic carbocycles. The molecule has 0 saturated heterocycles. The van der Waals surface area contributed by atoms with E-state index in [1.807, 2.05) is 18.0 Å². The minimum atomic E-state index is -1.02. The first-order chi connectivity index (χ1) is 8.06. The molecule has 0 saturated carbocycles. The van der Waals surface area contributed by atoms with Gasteiger partial charge in [-0.15, -0.1) is 6.42 Å². The zero-order valence-electron chi connectivity index (χ0n) is 9.35. The van der Waals surface area contributed by atoms with E-state index in [2.05, 4.69) is 5.92 Å². The summed E-state index contributed by atoms with van der Waals surface area (Å²) in [7, 11) is 1.82. The van der Waals surface area contributed by atoms with Gasteiger partial charge in [0.15, 0.2) is 0 Å². The molecular formula is C13H12ClNO2. The lowest BCUT2D eigenvalue weighted by atomic mass is 10.1. The molecule has 4 heteroatoms. The van der Waals surface area contributed by atoms with Gasteiger partial charge in [0.25, 0.3) is 0 Å². The molecule has 0 radical (unpaired) electrons. The van der Waals surface area contributed by atoms with Crippen molar-refractivity contribution in [2.75, 3.05) is 18.5 Å². The van der Waals surface area contributed by atoms with Crippen LogP contribution in [-0.4, -0.2) is 24.7 Å². The molecule has 0 aliphatic carbocycles. The summed E-state index contributed by atoms with van der Waals surface area (Å²) < 4.78 is 0. The Hall–Kier alpha value is -1.92. The monoisotopic (exact) mass is 249 g/mol. The molecule has 0 aromatic heterocycles. The van der Waals surface area contributed by atoms with E-state index >= 15 is 0 Å². The van der Waals surface area contributed by atoms with Crippen molar-refractivity contribution >= 4 is 29.3 Å². The standard InChI is InChI=1S/C13H12ClNO2/c1-3-9-15(2)12-6-4-5-11(14)10(12)7-8-13(16)17/h1,4-8H,9H2,2H3,(H,16,17)/b8-7+. The summed E-state index contributed by atoms with van der Waals surface area (Å²) in [6, 6.07) is 5.34. The number of aliphatic carboxylic acids is 1. The molecule has 0 aliphatic heterocycles. The van der Waals surface area contributed by atoms with E-state index in [0.717, 1.165) is 11.8 Å². The highest BCUT2D eigenvalue weighted by atomic mass is 35.5. The Morgan fingerprint density at radius 3 is 2.94 bits per heavy atom. The van der Waals surface area contributed by atoms with Crippen LogP contribution in [0, 0.1) is 12.3 Å². The molecule has 1 aromatic rings. The Balaban J connectivity index is 3.17. The number of halogens is 1. The average Bonchev–Trinajstić information content (AvgIpc) is 2.27. The molecule has 0 fully saturated rings. The Labute approximate surface area is 105 Å². The fourth-order valence-corrected chi connectivity index (χ4v) is 1.63. The Morgan fingerprint density at radius 2 is 2.35 bits per heavy atom. The van der Waals surface area contributed by atoms with E-state index in [1.165, 1.54) is 6.08 Å². The van der Waals surface area contributed by atoms with Crippen molar-refractivity contribution in [3.8, 4) is 12.3 Å². The maximum Gasteiger partial charge on any atom is 0.328 e. The van der Waals surface area contributed by atoms with Crippen LogP contribution in [0.4, 0.5) is 5.69 Å². The number of carboxylic acid groups (broad SMARTS) is 1. The third-order valence-corrected chi connectivity index (χ3v) is 2.49. The van der Waals surface area contributed by atoms with Crippen molar-refractivity contribution < 1.29 is 9.90 Å². The number of benzene rings is 1. The quantitative estimate of drug-likeness (QED) is 0.658. The first-order valence-electron chi connectivity index (χ1n) is 4.90. The van der Waals surface area contributed by atoms with E-state index in [9.17, 15) is 4.79 Å². The van der Waals surface area contributed by atoms with Crippen molar-refractivity contribution in [1.29, 1.82) is 0 Å². The zero-order valence-corrected chi connectivity index (χ0v) is 10.1. The van der Waals surface area contributed by atoms with Crippen molar-refractivity contribution in [1.82, 2.24) is 0 Å². The van der Waals surface area contributed by atoms with Gasteiger partial charge in [0.1, 0.15) is 0 Å². The highest BCUT2D eigenvalue weighted by Gasteiger charge is 2.08. The van der Waals surface area contributed by atoms with E-state index in [4.69, 9.17) is 23.1 Å². The number of anilines is 1. The summed E-state index contributed by atoms with van der Waals surface area (Å²) >= 11 is 6.03. The molecule has 0 bridgehead atoms. The lowest BCUT2D eigenvalue weighted by molar-refractivity contribution is -0.131. The molecular weight excluding hydrogens is 238 g/mol. The minimum Gasteiger partial charge on any atom is -0.478 e. The fourth-order valence-electron chi connectivity index (χ4n) is 1.40. The number of hydrogen-bond donors (Lipinski definition) is 1. The van der Waals surface area contributed by atoms with Crippen LogP contribution in [-0.2, 0) is 4.79 Å². The number of carbonyl (C=O) groups is 1. The SMILES string of the molecule is C#CCN(C)c1cccc(Cl)c1/C=C/C(=O)O. The van der Waals surface area contributed by atoms with Gasteiger partial charge < -0.3 is 10.0 Å². The molecule has 0 amide bonds. The molecule has 0 unspecified atom stereocenters. The van der Waals surface area contributed by atoms with Gasteiger partial charge in [-0.25, -0.2) is 4.79 Å². The topological polar surface area (TPSA) is 40.5 Å². The molecule has 88 valence electrons. The maximum atomic E-state index is 10.5. The van der Waals surface area contributed by atoms with Gasteiger partial charge in [-0.2, -0.15) is 0 Å². The van der Waals surface area contributed by atoms with E-state index in [1.54, 1.807) is 12.1 Å². The number of nitrogens with zero attached hydrogens (tertiary/aromatic N) is 1. The predicted molar refractivity (Wildman–Crippen MR) is 70.2 cm³/mol. The summed E-state index contributed by atoms with van der Waals surface area (Å²) in [5, 5.41) is 9.11. The molecule has 17 heavy (non-hydrogen) atoms. The largest absolute Gasteiger partial charge is 0.478 e. The van der Waals surface area contributed by atoms with Gasteiger partial charge in [0.05, 0.1) is 6.54 Å². The van der Waals surface area contributed by atoms with Gasteiger partial charge in [-0.1, -0.05) is 23.6 Å². The molecule has 0 aliphatic rings. The van der Waals surface area contributed by atoms with Crippen LogP contribution in [0.5, 0.6) is 0 Å². The summed E-state index contributed by atoms with van der Waals surface area (Å²) in [5.41, 5.74) is 1.45. The van der Waals surface area contributed by atoms with Crippen molar-refractivity contribution in [3.05, 3.63) is 34.9 Å². The minimum absolute atomic E-state index is 0.425. The maximum absolute atomic E-state index is 10.5. The van der Waals surface area contributed by atoms with Gasteiger partial charge in [-0.05, 0) is 18.2 Å². The van der Waals surface area contributed by atoms with Crippen molar-refractivity contribution in [2.24, 2.45) is 0 Å². The van der Waals surface area contributed by atoms with Gasteiger partial charge in [-0.3, -0.25) is 0 Å². The highest BCUT2D eigenvalue weighted by Crippen LogP contribution is 2.28. The Bertz CT molecular complexity index is 489. The molecule has 0 heterocycles. The average molecular weight is 250 g/mol. The number of terminal acetylenes is 1. The van der Waals surface area contributed by atoms with Gasteiger partial charge in [0, 0.05) is 29.4 Å².